The largest absolute Gasteiger partial charge is 0.426 e. The zero-order chi connectivity index (χ0) is 15.7. The van der Waals surface area contributed by atoms with Crippen LogP contribution in [-0.4, -0.2) is 18.7 Å². The Morgan fingerprint density at radius 1 is 1.14 bits per heavy atom. The molecule has 0 radical (unpaired) electrons. The van der Waals surface area contributed by atoms with Crippen molar-refractivity contribution >= 4 is 21.5 Å². The zero-order valence-electron chi connectivity index (χ0n) is 10.6. The Hall–Kier alpha value is -1.38. The summed E-state index contributed by atoms with van der Waals surface area (Å²) in [6.07, 6.45) is -4.66. The Bertz CT molecular complexity index is 719. The molecule has 2 rings (SSSR count). The van der Waals surface area contributed by atoms with E-state index in [0.29, 0.717) is 16.9 Å². The molecular weight excluding hydrogens is 325 g/mol. The molecule has 0 bridgehead atoms. The molecule has 0 fully saturated rings. The van der Waals surface area contributed by atoms with Gasteiger partial charge in [-0.05, 0) is 18.1 Å². The van der Waals surface area contributed by atoms with Crippen molar-refractivity contribution in [1.29, 1.82) is 0 Å². The van der Waals surface area contributed by atoms with E-state index >= 15 is 0 Å². The van der Waals surface area contributed by atoms with Gasteiger partial charge in [0.15, 0.2) is 0 Å². The maximum Gasteiger partial charge on any atom is 0.426 e. The van der Waals surface area contributed by atoms with Gasteiger partial charge < -0.3 is 0 Å². The van der Waals surface area contributed by atoms with Crippen molar-refractivity contribution in [3.63, 3.8) is 0 Å². The van der Waals surface area contributed by atoms with Crippen LogP contribution < -0.4 is 0 Å². The molecule has 2 aromatic rings. The molecule has 21 heavy (non-hydrogen) atoms. The van der Waals surface area contributed by atoms with Crippen molar-refractivity contribution in [2.75, 3.05) is 5.75 Å². The van der Waals surface area contributed by atoms with Crippen molar-refractivity contribution in [3.8, 4) is 11.1 Å². The second-order valence-electron chi connectivity index (χ2n) is 4.36. The molecule has 0 amide bonds. The highest BCUT2D eigenvalue weighted by Crippen LogP contribution is 2.42. The van der Waals surface area contributed by atoms with Gasteiger partial charge in [0, 0.05) is 10.4 Å². The van der Waals surface area contributed by atoms with Crippen LogP contribution in [0.5, 0.6) is 0 Å². The molecule has 1 N–H and O–H groups in total. The van der Waals surface area contributed by atoms with E-state index in [2.05, 4.69) is 0 Å². The number of aryl methyl sites for hydroxylation is 1. The van der Waals surface area contributed by atoms with Gasteiger partial charge in [-0.2, -0.15) is 21.6 Å². The standard InChI is InChI=1S/C13H11F3O3S2/c14-13(15,16)12-11(9-4-2-1-3-5-9)8-10(20-12)6-7-21(17,18)19/h1-5,8H,6-7H2,(H,17,18,19). The summed E-state index contributed by atoms with van der Waals surface area (Å²) in [5.74, 6) is -0.598. The predicted molar refractivity (Wildman–Crippen MR) is 74.9 cm³/mol. The lowest BCUT2D eigenvalue weighted by Gasteiger charge is -2.07. The normalized spacial score (nSPS) is 12.6. The first-order valence-electron chi connectivity index (χ1n) is 5.87. The predicted octanol–water partition coefficient (Wildman–Crippen LogP) is 3.86. The zero-order valence-corrected chi connectivity index (χ0v) is 12.2. The number of rotatable bonds is 4. The fourth-order valence-electron chi connectivity index (χ4n) is 1.84. The third kappa shape index (κ3) is 4.29. The van der Waals surface area contributed by atoms with Gasteiger partial charge in [-0.15, -0.1) is 11.3 Å². The summed E-state index contributed by atoms with van der Waals surface area (Å²) in [5, 5.41) is 0. The molecule has 0 saturated heterocycles. The van der Waals surface area contributed by atoms with E-state index in [-0.39, 0.29) is 16.9 Å². The van der Waals surface area contributed by atoms with Crippen molar-refractivity contribution in [3.05, 3.63) is 46.2 Å². The smallest absolute Gasteiger partial charge is 0.286 e. The minimum atomic E-state index is -4.51. The van der Waals surface area contributed by atoms with Gasteiger partial charge in [-0.3, -0.25) is 4.55 Å². The number of thiophene rings is 1. The molecule has 0 saturated carbocycles. The van der Waals surface area contributed by atoms with E-state index in [1.165, 1.54) is 6.07 Å². The summed E-state index contributed by atoms with van der Waals surface area (Å²) in [7, 11) is -4.20. The molecule has 0 atom stereocenters. The summed E-state index contributed by atoms with van der Waals surface area (Å²) in [6, 6.07) is 9.40. The summed E-state index contributed by atoms with van der Waals surface area (Å²) in [6.45, 7) is 0. The van der Waals surface area contributed by atoms with Gasteiger partial charge in [0.1, 0.15) is 4.88 Å². The number of hydrogen-bond donors (Lipinski definition) is 1. The van der Waals surface area contributed by atoms with Crippen molar-refractivity contribution < 1.29 is 26.1 Å². The van der Waals surface area contributed by atoms with Crippen LogP contribution in [0.3, 0.4) is 0 Å². The minimum Gasteiger partial charge on any atom is -0.286 e. The summed E-state index contributed by atoms with van der Waals surface area (Å²) >= 11 is 0.501. The van der Waals surface area contributed by atoms with Crippen LogP contribution in [0.2, 0.25) is 0 Å². The molecule has 1 aromatic carbocycles. The Morgan fingerprint density at radius 3 is 2.29 bits per heavy atom. The third-order valence-electron chi connectivity index (χ3n) is 2.73. The molecule has 8 heteroatoms. The highest BCUT2D eigenvalue weighted by molar-refractivity contribution is 7.85. The molecular formula is C13H11F3O3S2. The van der Waals surface area contributed by atoms with Crippen LogP contribution in [0, 0.1) is 0 Å². The van der Waals surface area contributed by atoms with E-state index in [1.54, 1.807) is 30.3 Å². The fourth-order valence-corrected chi connectivity index (χ4v) is 3.49. The maximum atomic E-state index is 13.1. The first-order valence-corrected chi connectivity index (χ1v) is 8.30. The monoisotopic (exact) mass is 336 g/mol. The van der Waals surface area contributed by atoms with Crippen LogP contribution in [0.25, 0.3) is 11.1 Å². The highest BCUT2D eigenvalue weighted by Gasteiger charge is 2.36. The van der Waals surface area contributed by atoms with E-state index < -0.39 is 26.9 Å². The van der Waals surface area contributed by atoms with Crippen molar-refractivity contribution in [2.24, 2.45) is 0 Å². The fraction of sp³-hybridized carbons (Fsp3) is 0.231. The molecule has 1 heterocycles. The Labute approximate surface area is 123 Å². The van der Waals surface area contributed by atoms with Crippen molar-refractivity contribution in [2.45, 2.75) is 12.6 Å². The Kier molecular flexibility index (Phi) is 4.40. The van der Waals surface area contributed by atoms with Gasteiger partial charge in [0.25, 0.3) is 10.1 Å². The second-order valence-corrected chi connectivity index (χ2v) is 7.06. The third-order valence-corrected chi connectivity index (χ3v) is 4.69. The van der Waals surface area contributed by atoms with Gasteiger partial charge in [-0.25, -0.2) is 0 Å². The van der Waals surface area contributed by atoms with Crippen LogP contribution in [0.15, 0.2) is 36.4 Å². The second kappa shape index (κ2) is 5.78. The highest BCUT2D eigenvalue weighted by atomic mass is 32.2. The topological polar surface area (TPSA) is 54.4 Å². The van der Waals surface area contributed by atoms with E-state index in [4.69, 9.17) is 4.55 Å². The molecule has 3 nitrogen and oxygen atoms in total. The quantitative estimate of drug-likeness (QED) is 0.863. The number of benzene rings is 1. The average Bonchev–Trinajstić information content (AvgIpc) is 2.81. The lowest BCUT2D eigenvalue weighted by atomic mass is 10.1. The molecule has 0 spiro atoms. The molecule has 114 valence electrons. The van der Waals surface area contributed by atoms with Crippen LogP contribution in [-0.2, 0) is 22.7 Å². The van der Waals surface area contributed by atoms with Crippen LogP contribution in [0.4, 0.5) is 13.2 Å². The van der Waals surface area contributed by atoms with Gasteiger partial charge in [0.05, 0.1) is 5.75 Å². The van der Waals surface area contributed by atoms with E-state index in [1.807, 2.05) is 0 Å². The number of hydrogen-bond acceptors (Lipinski definition) is 3. The van der Waals surface area contributed by atoms with Crippen LogP contribution in [0.1, 0.15) is 9.75 Å². The summed E-state index contributed by atoms with van der Waals surface area (Å²) < 4.78 is 69.3. The SMILES string of the molecule is O=S(=O)(O)CCc1cc(-c2ccccc2)c(C(F)(F)F)s1. The summed E-state index contributed by atoms with van der Waals surface area (Å²) in [5.41, 5.74) is 0.442. The molecule has 1 aromatic heterocycles. The molecule has 0 aliphatic carbocycles. The Balaban J connectivity index is 2.42. The lowest BCUT2D eigenvalue weighted by molar-refractivity contribution is -0.133. The molecule has 0 aliphatic rings. The summed E-state index contributed by atoms with van der Waals surface area (Å²) in [4.78, 5) is -0.502. The molecule has 0 unspecified atom stereocenters. The van der Waals surface area contributed by atoms with E-state index in [9.17, 15) is 21.6 Å². The maximum absolute atomic E-state index is 13.1. The first-order chi connectivity index (χ1) is 9.67. The average molecular weight is 336 g/mol. The number of alkyl halides is 3. The Morgan fingerprint density at radius 2 is 1.76 bits per heavy atom. The first kappa shape index (κ1) is 16.0. The van der Waals surface area contributed by atoms with E-state index in [0.717, 1.165) is 0 Å². The van der Waals surface area contributed by atoms with Gasteiger partial charge in [-0.1, -0.05) is 30.3 Å². The number of halogens is 3. The molecule has 0 aliphatic heterocycles. The van der Waals surface area contributed by atoms with Gasteiger partial charge >= 0.3 is 6.18 Å². The minimum absolute atomic E-state index is 0.0263. The lowest BCUT2D eigenvalue weighted by Crippen LogP contribution is -2.05. The van der Waals surface area contributed by atoms with Crippen molar-refractivity contribution in [1.82, 2.24) is 0 Å². The van der Waals surface area contributed by atoms with Crippen LogP contribution >= 0.6 is 11.3 Å². The van der Waals surface area contributed by atoms with Gasteiger partial charge in [0.2, 0.25) is 0 Å².